The standard InChI is InChI=1S/C14H18N2O3S3/c17-13(10-16-5-2-8-22(16,18)19)15-12-4-1-3-11(9-12)14-20-6-7-21-14/h1,3-4,9,14H,2,5-8,10H2,(H,15,17). The molecule has 0 spiro atoms. The molecule has 120 valence electrons. The molecule has 1 aromatic rings. The number of carbonyl (C=O) groups is 1. The van der Waals surface area contributed by atoms with Crippen LogP contribution in [0.2, 0.25) is 0 Å². The van der Waals surface area contributed by atoms with E-state index in [1.54, 1.807) is 0 Å². The number of anilines is 1. The van der Waals surface area contributed by atoms with Crippen LogP contribution in [0.4, 0.5) is 5.69 Å². The van der Waals surface area contributed by atoms with Gasteiger partial charge in [-0.15, -0.1) is 23.5 Å². The Labute approximate surface area is 139 Å². The summed E-state index contributed by atoms with van der Waals surface area (Å²) in [4.78, 5) is 12.1. The lowest BCUT2D eigenvalue weighted by atomic mass is 10.2. The molecule has 0 radical (unpaired) electrons. The molecule has 0 bridgehead atoms. The van der Waals surface area contributed by atoms with Gasteiger partial charge in [-0.25, -0.2) is 8.42 Å². The first-order valence-electron chi connectivity index (χ1n) is 7.15. The predicted molar refractivity (Wildman–Crippen MR) is 92.7 cm³/mol. The number of nitrogens with zero attached hydrogens (tertiary/aromatic N) is 1. The smallest absolute Gasteiger partial charge is 0.239 e. The maximum Gasteiger partial charge on any atom is 0.239 e. The van der Waals surface area contributed by atoms with E-state index in [1.165, 1.54) is 9.87 Å². The molecule has 8 heteroatoms. The van der Waals surface area contributed by atoms with Gasteiger partial charge < -0.3 is 5.32 Å². The fraction of sp³-hybridized carbons (Fsp3) is 0.500. The van der Waals surface area contributed by atoms with Crippen molar-refractivity contribution in [2.24, 2.45) is 0 Å². The van der Waals surface area contributed by atoms with Crippen molar-refractivity contribution >= 4 is 45.1 Å². The van der Waals surface area contributed by atoms with E-state index in [9.17, 15) is 13.2 Å². The first kappa shape index (κ1) is 16.2. The summed E-state index contributed by atoms with van der Waals surface area (Å²) in [7, 11) is -3.23. The molecule has 2 fully saturated rings. The average Bonchev–Trinajstić information content (AvgIpc) is 3.10. The predicted octanol–water partition coefficient (Wildman–Crippen LogP) is 2.14. The highest BCUT2D eigenvalue weighted by atomic mass is 32.2. The van der Waals surface area contributed by atoms with Crippen LogP contribution in [0.25, 0.3) is 0 Å². The van der Waals surface area contributed by atoms with Crippen molar-refractivity contribution in [3.63, 3.8) is 0 Å². The maximum absolute atomic E-state index is 12.1. The third-order valence-corrected chi connectivity index (χ3v) is 8.59. The second-order valence-electron chi connectivity index (χ2n) is 5.25. The van der Waals surface area contributed by atoms with Crippen molar-refractivity contribution in [2.45, 2.75) is 11.0 Å². The number of sulfonamides is 1. The molecule has 3 rings (SSSR count). The molecule has 2 saturated heterocycles. The van der Waals surface area contributed by atoms with E-state index in [1.807, 2.05) is 41.7 Å². The van der Waals surface area contributed by atoms with Crippen LogP contribution in [-0.4, -0.2) is 49.0 Å². The molecule has 2 aliphatic rings. The van der Waals surface area contributed by atoms with Crippen LogP contribution in [-0.2, 0) is 14.8 Å². The molecule has 22 heavy (non-hydrogen) atoms. The summed E-state index contributed by atoms with van der Waals surface area (Å²) in [5.41, 5.74) is 1.92. The van der Waals surface area contributed by atoms with Gasteiger partial charge in [0, 0.05) is 23.7 Å². The number of thioether (sulfide) groups is 2. The molecule has 2 aliphatic heterocycles. The van der Waals surface area contributed by atoms with Gasteiger partial charge >= 0.3 is 0 Å². The number of benzene rings is 1. The summed E-state index contributed by atoms with van der Waals surface area (Å²) >= 11 is 3.82. The van der Waals surface area contributed by atoms with E-state index >= 15 is 0 Å². The number of hydrogen-bond acceptors (Lipinski definition) is 5. The van der Waals surface area contributed by atoms with E-state index in [2.05, 4.69) is 11.4 Å². The summed E-state index contributed by atoms with van der Waals surface area (Å²) < 4.78 is 25.1. The summed E-state index contributed by atoms with van der Waals surface area (Å²) in [6.07, 6.45) is 0.598. The molecule has 0 unspecified atom stereocenters. The molecule has 0 aromatic heterocycles. The lowest BCUT2D eigenvalue weighted by Crippen LogP contribution is -2.34. The number of rotatable bonds is 4. The molecule has 0 atom stereocenters. The number of nitrogens with one attached hydrogen (secondary N) is 1. The molecule has 1 aromatic carbocycles. The lowest BCUT2D eigenvalue weighted by molar-refractivity contribution is -0.116. The van der Waals surface area contributed by atoms with Gasteiger partial charge in [0.1, 0.15) is 0 Å². The van der Waals surface area contributed by atoms with Crippen LogP contribution in [0.15, 0.2) is 24.3 Å². The fourth-order valence-corrected chi connectivity index (χ4v) is 6.86. The second kappa shape index (κ2) is 6.82. The van der Waals surface area contributed by atoms with E-state index in [0.717, 1.165) is 17.2 Å². The molecular formula is C14H18N2O3S3. The monoisotopic (exact) mass is 358 g/mol. The minimum atomic E-state index is -3.23. The minimum absolute atomic E-state index is 0.0977. The molecule has 0 aliphatic carbocycles. The van der Waals surface area contributed by atoms with E-state index in [-0.39, 0.29) is 18.2 Å². The number of hydrogen-bond donors (Lipinski definition) is 1. The van der Waals surface area contributed by atoms with Crippen LogP contribution < -0.4 is 5.32 Å². The Morgan fingerprint density at radius 3 is 2.77 bits per heavy atom. The molecular weight excluding hydrogens is 340 g/mol. The van der Waals surface area contributed by atoms with Gasteiger partial charge in [0.05, 0.1) is 16.9 Å². The first-order chi connectivity index (χ1) is 10.5. The Hall–Kier alpha value is -0.700. The Bertz CT molecular complexity index is 657. The SMILES string of the molecule is O=C(CN1CCCS1(=O)=O)Nc1cccc(C2SCCS2)c1. The Morgan fingerprint density at radius 1 is 1.32 bits per heavy atom. The van der Waals surface area contributed by atoms with Gasteiger partial charge in [0.2, 0.25) is 15.9 Å². The fourth-order valence-electron chi connectivity index (χ4n) is 2.54. The van der Waals surface area contributed by atoms with Crippen molar-refractivity contribution in [3.8, 4) is 0 Å². The van der Waals surface area contributed by atoms with Crippen molar-refractivity contribution < 1.29 is 13.2 Å². The molecule has 1 N–H and O–H groups in total. The Balaban J connectivity index is 1.63. The largest absolute Gasteiger partial charge is 0.325 e. The van der Waals surface area contributed by atoms with E-state index < -0.39 is 10.0 Å². The highest BCUT2D eigenvalue weighted by Crippen LogP contribution is 2.45. The highest BCUT2D eigenvalue weighted by Gasteiger charge is 2.29. The zero-order chi connectivity index (χ0) is 15.6. The molecule has 2 heterocycles. The molecule has 5 nitrogen and oxygen atoms in total. The third-order valence-electron chi connectivity index (χ3n) is 3.59. The van der Waals surface area contributed by atoms with Crippen molar-refractivity contribution in [3.05, 3.63) is 29.8 Å². The normalized spacial score (nSPS) is 22.0. The summed E-state index contributed by atoms with van der Waals surface area (Å²) in [5.74, 6) is 2.16. The lowest BCUT2D eigenvalue weighted by Gasteiger charge is -2.15. The van der Waals surface area contributed by atoms with Crippen LogP contribution in [0.3, 0.4) is 0 Å². The van der Waals surface area contributed by atoms with Gasteiger partial charge in [-0.05, 0) is 24.1 Å². The first-order valence-corrected chi connectivity index (χ1v) is 10.9. The third kappa shape index (κ3) is 3.79. The van der Waals surface area contributed by atoms with Gasteiger partial charge in [-0.1, -0.05) is 12.1 Å². The quantitative estimate of drug-likeness (QED) is 0.893. The Morgan fingerprint density at radius 2 is 2.09 bits per heavy atom. The zero-order valence-corrected chi connectivity index (χ0v) is 14.5. The summed E-state index contributed by atoms with van der Waals surface area (Å²) in [5, 5.41) is 2.81. The number of amides is 1. The van der Waals surface area contributed by atoms with Crippen LogP contribution in [0.5, 0.6) is 0 Å². The zero-order valence-electron chi connectivity index (χ0n) is 12.0. The summed E-state index contributed by atoms with van der Waals surface area (Å²) in [6, 6.07) is 7.81. The van der Waals surface area contributed by atoms with Gasteiger partial charge in [0.15, 0.2) is 0 Å². The van der Waals surface area contributed by atoms with Crippen LogP contribution in [0, 0.1) is 0 Å². The maximum atomic E-state index is 12.1. The molecule has 1 amide bonds. The topological polar surface area (TPSA) is 66.5 Å². The molecule has 0 saturated carbocycles. The Kier molecular flexibility index (Phi) is 5.01. The highest BCUT2D eigenvalue weighted by molar-refractivity contribution is 8.19. The average molecular weight is 359 g/mol. The minimum Gasteiger partial charge on any atom is -0.325 e. The van der Waals surface area contributed by atoms with Gasteiger partial charge in [-0.2, -0.15) is 4.31 Å². The van der Waals surface area contributed by atoms with Crippen molar-refractivity contribution in [1.82, 2.24) is 4.31 Å². The van der Waals surface area contributed by atoms with Crippen LogP contribution >= 0.6 is 23.5 Å². The summed E-state index contributed by atoms with van der Waals surface area (Å²) in [6.45, 7) is 0.338. The van der Waals surface area contributed by atoms with Crippen molar-refractivity contribution in [1.29, 1.82) is 0 Å². The van der Waals surface area contributed by atoms with Gasteiger partial charge in [-0.3, -0.25) is 4.79 Å². The van der Waals surface area contributed by atoms with Crippen LogP contribution in [0.1, 0.15) is 16.6 Å². The van der Waals surface area contributed by atoms with Gasteiger partial charge in [0.25, 0.3) is 0 Å². The van der Waals surface area contributed by atoms with E-state index in [0.29, 0.717) is 17.5 Å². The van der Waals surface area contributed by atoms with Crippen molar-refractivity contribution in [2.75, 3.05) is 35.7 Å². The number of carbonyl (C=O) groups excluding carboxylic acids is 1. The second-order valence-corrected chi connectivity index (χ2v) is 10.1. The van der Waals surface area contributed by atoms with E-state index in [4.69, 9.17) is 0 Å².